The Labute approximate surface area is 159 Å². The summed E-state index contributed by atoms with van der Waals surface area (Å²) in [5, 5.41) is 22.2. The van der Waals surface area contributed by atoms with E-state index in [9.17, 15) is 25.0 Å². The molecule has 3 aromatic carbocycles. The maximum Gasteiger partial charge on any atom is 0.289 e. The Morgan fingerprint density at radius 3 is 1.75 bits per heavy atom. The standard InChI is InChI=1S/C20H13N3O5/c24-20(17-12-11-16(22(25)26)13-18(17)23(27)28)21-19(14-7-3-1-4-8-14)15-9-5-2-6-10-15/h1-13H. The van der Waals surface area contributed by atoms with Gasteiger partial charge in [0.05, 0.1) is 21.6 Å². The molecule has 0 radical (unpaired) electrons. The van der Waals surface area contributed by atoms with Gasteiger partial charge in [-0.1, -0.05) is 60.7 Å². The third-order valence-electron chi connectivity index (χ3n) is 3.93. The quantitative estimate of drug-likeness (QED) is 0.377. The number of carbonyl (C=O) groups excluding carboxylic acids is 1. The second kappa shape index (κ2) is 8.00. The molecule has 0 fully saturated rings. The van der Waals surface area contributed by atoms with Crippen molar-refractivity contribution in [2.45, 2.75) is 0 Å². The smallest absolute Gasteiger partial charge is 0.266 e. The molecule has 8 nitrogen and oxygen atoms in total. The maximum atomic E-state index is 12.7. The number of non-ortho nitro benzene ring substituents is 1. The monoisotopic (exact) mass is 375 g/mol. The average Bonchev–Trinajstić information content (AvgIpc) is 2.72. The van der Waals surface area contributed by atoms with Gasteiger partial charge in [-0.15, -0.1) is 0 Å². The van der Waals surface area contributed by atoms with Gasteiger partial charge in [0, 0.05) is 17.2 Å². The Morgan fingerprint density at radius 2 is 1.29 bits per heavy atom. The lowest BCUT2D eigenvalue weighted by Crippen LogP contribution is -2.09. The van der Waals surface area contributed by atoms with E-state index in [2.05, 4.69) is 4.99 Å². The molecule has 0 saturated heterocycles. The fourth-order valence-electron chi connectivity index (χ4n) is 2.62. The van der Waals surface area contributed by atoms with Crippen LogP contribution in [0, 0.1) is 20.2 Å². The molecule has 0 bridgehead atoms. The van der Waals surface area contributed by atoms with Crippen molar-refractivity contribution < 1.29 is 14.6 Å². The van der Waals surface area contributed by atoms with E-state index in [0.717, 1.165) is 18.2 Å². The van der Waals surface area contributed by atoms with E-state index < -0.39 is 27.1 Å². The van der Waals surface area contributed by atoms with Crippen LogP contribution in [0.2, 0.25) is 0 Å². The molecule has 138 valence electrons. The van der Waals surface area contributed by atoms with Crippen molar-refractivity contribution in [3.05, 3.63) is 116 Å². The molecule has 0 N–H and O–H groups in total. The minimum absolute atomic E-state index is 0.319. The second-order valence-corrected chi connectivity index (χ2v) is 5.71. The third-order valence-corrected chi connectivity index (χ3v) is 3.93. The van der Waals surface area contributed by atoms with E-state index in [1.165, 1.54) is 0 Å². The van der Waals surface area contributed by atoms with Crippen LogP contribution in [0.5, 0.6) is 0 Å². The molecule has 3 aromatic rings. The van der Waals surface area contributed by atoms with Crippen LogP contribution in [-0.2, 0) is 0 Å². The van der Waals surface area contributed by atoms with Crippen molar-refractivity contribution in [1.82, 2.24) is 0 Å². The SMILES string of the molecule is O=C(N=C(c1ccccc1)c1ccccc1)c1ccc([N+](=O)[O-])cc1[N+](=O)[O-]. The lowest BCUT2D eigenvalue weighted by Gasteiger charge is -2.07. The van der Waals surface area contributed by atoms with E-state index >= 15 is 0 Å². The molecule has 0 aliphatic rings. The zero-order valence-corrected chi connectivity index (χ0v) is 14.4. The normalized spacial score (nSPS) is 10.1. The highest BCUT2D eigenvalue weighted by molar-refractivity contribution is 6.19. The topological polar surface area (TPSA) is 116 Å². The predicted octanol–water partition coefficient (Wildman–Crippen LogP) is 4.18. The lowest BCUT2D eigenvalue weighted by atomic mass is 10.0. The van der Waals surface area contributed by atoms with Crippen LogP contribution >= 0.6 is 0 Å². The van der Waals surface area contributed by atoms with Crippen molar-refractivity contribution in [3.63, 3.8) is 0 Å². The zero-order valence-electron chi connectivity index (χ0n) is 14.4. The molecular formula is C20H13N3O5. The number of nitro benzene ring substituents is 2. The number of aliphatic imine (C=N–C) groups is 1. The van der Waals surface area contributed by atoms with Crippen molar-refractivity contribution in [3.8, 4) is 0 Å². The molecule has 8 heteroatoms. The van der Waals surface area contributed by atoms with Gasteiger partial charge in [-0.05, 0) is 6.07 Å². The van der Waals surface area contributed by atoms with Crippen molar-refractivity contribution in [2.75, 3.05) is 0 Å². The number of hydrogen-bond donors (Lipinski definition) is 0. The fraction of sp³-hybridized carbons (Fsp3) is 0. The largest absolute Gasteiger partial charge is 0.289 e. The first-order chi connectivity index (χ1) is 13.5. The number of nitro groups is 2. The molecular weight excluding hydrogens is 362 g/mol. The van der Waals surface area contributed by atoms with Gasteiger partial charge < -0.3 is 0 Å². The van der Waals surface area contributed by atoms with Crippen molar-refractivity contribution in [2.24, 2.45) is 4.99 Å². The van der Waals surface area contributed by atoms with Crippen LogP contribution in [0.4, 0.5) is 11.4 Å². The van der Waals surface area contributed by atoms with Crippen molar-refractivity contribution in [1.29, 1.82) is 0 Å². The summed E-state index contributed by atoms with van der Waals surface area (Å²) in [6.07, 6.45) is 0. The molecule has 0 aliphatic heterocycles. The fourth-order valence-corrected chi connectivity index (χ4v) is 2.62. The van der Waals surface area contributed by atoms with Crippen LogP contribution in [0.1, 0.15) is 21.5 Å². The highest BCUT2D eigenvalue weighted by Crippen LogP contribution is 2.26. The lowest BCUT2D eigenvalue weighted by molar-refractivity contribution is -0.394. The molecule has 0 unspecified atom stereocenters. The number of benzene rings is 3. The number of rotatable bonds is 5. The van der Waals surface area contributed by atoms with Crippen LogP contribution in [0.15, 0.2) is 83.9 Å². The highest BCUT2D eigenvalue weighted by atomic mass is 16.6. The van der Waals surface area contributed by atoms with Crippen LogP contribution in [-0.4, -0.2) is 21.5 Å². The molecule has 28 heavy (non-hydrogen) atoms. The summed E-state index contributed by atoms with van der Waals surface area (Å²) in [6, 6.07) is 20.7. The first-order valence-electron chi connectivity index (χ1n) is 8.14. The summed E-state index contributed by atoms with van der Waals surface area (Å²) in [7, 11) is 0. The van der Waals surface area contributed by atoms with Gasteiger partial charge in [-0.25, -0.2) is 4.99 Å². The van der Waals surface area contributed by atoms with E-state index in [-0.39, 0.29) is 5.56 Å². The van der Waals surface area contributed by atoms with E-state index in [1.807, 2.05) is 12.1 Å². The molecule has 0 spiro atoms. The Bertz CT molecular complexity index is 1040. The first kappa shape index (κ1) is 18.6. The molecule has 0 saturated carbocycles. The molecule has 0 aliphatic carbocycles. The first-order valence-corrected chi connectivity index (χ1v) is 8.14. The predicted molar refractivity (Wildman–Crippen MR) is 103 cm³/mol. The molecule has 1 amide bonds. The summed E-state index contributed by atoms with van der Waals surface area (Å²) in [5.74, 6) is -0.857. The molecule has 3 rings (SSSR count). The Morgan fingerprint density at radius 1 is 0.750 bits per heavy atom. The highest BCUT2D eigenvalue weighted by Gasteiger charge is 2.24. The van der Waals surface area contributed by atoms with Crippen LogP contribution in [0.3, 0.4) is 0 Å². The van der Waals surface area contributed by atoms with Gasteiger partial charge in [-0.2, -0.15) is 0 Å². The van der Waals surface area contributed by atoms with Gasteiger partial charge in [0.2, 0.25) is 0 Å². The summed E-state index contributed by atoms with van der Waals surface area (Å²) in [4.78, 5) is 37.4. The van der Waals surface area contributed by atoms with Gasteiger partial charge >= 0.3 is 0 Å². The minimum atomic E-state index is -0.857. The molecule has 0 aromatic heterocycles. The minimum Gasteiger partial charge on any atom is -0.266 e. The van der Waals surface area contributed by atoms with Gasteiger partial charge in [-0.3, -0.25) is 25.0 Å². The maximum absolute atomic E-state index is 12.7. The second-order valence-electron chi connectivity index (χ2n) is 5.71. The van der Waals surface area contributed by atoms with Gasteiger partial charge in [0.25, 0.3) is 17.3 Å². The zero-order chi connectivity index (χ0) is 20.1. The van der Waals surface area contributed by atoms with E-state index in [0.29, 0.717) is 16.8 Å². The van der Waals surface area contributed by atoms with Gasteiger partial charge in [0.15, 0.2) is 0 Å². The van der Waals surface area contributed by atoms with E-state index in [4.69, 9.17) is 0 Å². The van der Waals surface area contributed by atoms with Crippen LogP contribution in [0.25, 0.3) is 0 Å². The summed E-state index contributed by atoms with van der Waals surface area (Å²) in [5.41, 5.74) is 0.207. The Balaban J connectivity index is 2.13. The number of carbonyl (C=O) groups is 1. The Kier molecular flexibility index (Phi) is 5.31. The average molecular weight is 375 g/mol. The summed E-state index contributed by atoms with van der Waals surface area (Å²) >= 11 is 0. The molecule has 0 atom stereocenters. The molecule has 0 heterocycles. The third kappa shape index (κ3) is 3.96. The number of hydrogen-bond acceptors (Lipinski definition) is 5. The van der Waals surface area contributed by atoms with E-state index in [1.54, 1.807) is 48.5 Å². The summed E-state index contributed by atoms with van der Waals surface area (Å²) in [6.45, 7) is 0. The summed E-state index contributed by atoms with van der Waals surface area (Å²) < 4.78 is 0. The van der Waals surface area contributed by atoms with Crippen LogP contribution < -0.4 is 0 Å². The Hall–Kier alpha value is -4.20. The number of nitrogens with zero attached hydrogens (tertiary/aromatic N) is 3. The van der Waals surface area contributed by atoms with Crippen molar-refractivity contribution >= 4 is 23.0 Å². The number of amides is 1. The van der Waals surface area contributed by atoms with Gasteiger partial charge in [0.1, 0.15) is 5.56 Å².